The number of nitrogens with zero attached hydrogens (tertiary/aromatic N) is 4. The van der Waals surface area contributed by atoms with Crippen molar-refractivity contribution in [3.8, 4) is 5.75 Å². The van der Waals surface area contributed by atoms with E-state index < -0.39 is 0 Å². The molecule has 1 heterocycles. The molecule has 9 heteroatoms. The lowest BCUT2D eigenvalue weighted by atomic mass is 10.1. The maximum absolute atomic E-state index is 13.0. The number of nitrogens with one attached hydrogen (secondary N) is 1. The Hall–Kier alpha value is -3.07. The monoisotopic (exact) mass is 386 g/mol. The van der Waals surface area contributed by atoms with E-state index in [9.17, 15) is 4.39 Å². The zero-order valence-corrected chi connectivity index (χ0v) is 15.7. The fourth-order valence-electron chi connectivity index (χ4n) is 2.23. The molecule has 27 heavy (non-hydrogen) atoms. The van der Waals surface area contributed by atoms with E-state index in [4.69, 9.17) is 10.6 Å². The van der Waals surface area contributed by atoms with Crippen LogP contribution in [-0.2, 0) is 5.75 Å². The van der Waals surface area contributed by atoms with Crippen LogP contribution in [0.2, 0.25) is 0 Å². The minimum Gasteiger partial charge on any atom is -0.497 e. The Morgan fingerprint density at radius 1 is 1.26 bits per heavy atom. The van der Waals surface area contributed by atoms with Gasteiger partial charge in [-0.25, -0.2) is 14.5 Å². The highest BCUT2D eigenvalue weighted by atomic mass is 32.2. The van der Waals surface area contributed by atoms with E-state index in [1.165, 1.54) is 28.6 Å². The third-order valence-electron chi connectivity index (χ3n) is 3.76. The summed E-state index contributed by atoms with van der Waals surface area (Å²) in [6.45, 7) is 1.86. The summed E-state index contributed by atoms with van der Waals surface area (Å²) in [5.74, 6) is 7.43. The maximum Gasteiger partial charge on any atom is 0.264 e. The number of ether oxygens (including phenoxy) is 1. The lowest BCUT2D eigenvalue weighted by molar-refractivity contribution is 0.414. The molecule has 0 aliphatic rings. The summed E-state index contributed by atoms with van der Waals surface area (Å²) in [5, 5.41) is 12.9. The first-order chi connectivity index (χ1) is 13.1. The van der Waals surface area contributed by atoms with Crippen molar-refractivity contribution in [3.05, 3.63) is 65.5 Å². The van der Waals surface area contributed by atoms with Crippen molar-refractivity contribution in [2.45, 2.75) is 17.8 Å². The molecule has 0 aliphatic heterocycles. The van der Waals surface area contributed by atoms with Gasteiger partial charge in [0.1, 0.15) is 11.6 Å². The lowest BCUT2D eigenvalue weighted by Gasteiger charge is -2.06. The minimum absolute atomic E-state index is 0.263. The molecule has 0 saturated carbocycles. The number of aromatic nitrogens is 3. The molecule has 3 rings (SSSR count). The van der Waals surface area contributed by atoms with Crippen molar-refractivity contribution >= 4 is 23.4 Å². The summed E-state index contributed by atoms with van der Waals surface area (Å²) < 4.78 is 19.5. The van der Waals surface area contributed by atoms with E-state index in [1.807, 2.05) is 31.2 Å². The summed E-state index contributed by atoms with van der Waals surface area (Å²) >= 11 is 1.40. The summed E-state index contributed by atoms with van der Waals surface area (Å²) in [5.41, 5.74) is 5.45. The van der Waals surface area contributed by atoms with Crippen molar-refractivity contribution in [1.82, 2.24) is 14.9 Å². The van der Waals surface area contributed by atoms with Gasteiger partial charge in [0, 0.05) is 11.3 Å². The number of benzene rings is 2. The molecule has 1 aromatic heterocycles. The van der Waals surface area contributed by atoms with E-state index >= 15 is 0 Å². The SMILES string of the molecule is COc1cccc(/C(C)=N/Nc2nnc(SCc3ccc(F)cc3)n2N)c1. The molecule has 0 atom stereocenters. The first kappa shape index (κ1) is 18.7. The van der Waals surface area contributed by atoms with Crippen LogP contribution in [0.25, 0.3) is 0 Å². The van der Waals surface area contributed by atoms with E-state index in [0.29, 0.717) is 16.9 Å². The fraction of sp³-hybridized carbons (Fsp3) is 0.167. The molecule has 3 aromatic rings. The minimum atomic E-state index is -0.263. The highest BCUT2D eigenvalue weighted by Gasteiger charge is 2.10. The van der Waals surface area contributed by atoms with Crippen LogP contribution in [0.4, 0.5) is 10.3 Å². The summed E-state index contributed by atoms with van der Waals surface area (Å²) in [6, 6.07) is 13.9. The zero-order valence-electron chi connectivity index (χ0n) is 14.9. The number of hydrogen-bond donors (Lipinski definition) is 2. The largest absolute Gasteiger partial charge is 0.497 e. The summed E-state index contributed by atoms with van der Waals surface area (Å²) in [4.78, 5) is 0. The number of hydrogen-bond acceptors (Lipinski definition) is 7. The van der Waals surface area contributed by atoms with Gasteiger partial charge in [0.25, 0.3) is 5.95 Å². The van der Waals surface area contributed by atoms with E-state index in [0.717, 1.165) is 22.6 Å². The smallest absolute Gasteiger partial charge is 0.264 e. The van der Waals surface area contributed by atoms with E-state index in [-0.39, 0.29) is 5.82 Å². The Bertz CT molecular complexity index is 941. The molecule has 0 fully saturated rings. The van der Waals surface area contributed by atoms with Gasteiger partial charge in [0.05, 0.1) is 12.8 Å². The molecule has 7 nitrogen and oxygen atoms in total. The van der Waals surface area contributed by atoms with Crippen molar-refractivity contribution < 1.29 is 9.13 Å². The first-order valence-electron chi connectivity index (χ1n) is 8.09. The molecule has 0 saturated heterocycles. The number of rotatable bonds is 7. The van der Waals surface area contributed by atoms with Crippen molar-refractivity contribution in [2.24, 2.45) is 5.10 Å². The van der Waals surface area contributed by atoms with Crippen LogP contribution in [0.3, 0.4) is 0 Å². The first-order valence-corrected chi connectivity index (χ1v) is 9.08. The molecule has 0 spiro atoms. The average molecular weight is 386 g/mol. The van der Waals surface area contributed by atoms with Crippen LogP contribution in [0.1, 0.15) is 18.1 Å². The highest BCUT2D eigenvalue weighted by Crippen LogP contribution is 2.22. The predicted molar refractivity (Wildman–Crippen MR) is 105 cm³/mol. The van der Waals surface area contributed by atoms with Crippen LogP contribution in [0, 0.1) is 5.82 Å². The second-order valence-corrected chi connectivity index (χ2v) is 6.57. The average Bonchev–Trinajstić information content (AvgIpc) is 3.05. The van der Waals surface area contributed by atoms with Gasteiger partial charge in [0.15, 0.2) is 0 Å². The molecule has 0 bridgehead atoms. The van der Waals surface area contributed by atoms with Gasteiger partial charge in [-0.1, -0.05) is 36.0 Å². The molecule has 2 aromatic carbocycles. The van der Waals surface area contributed by atoms with Gasteiger partial charge in [-0.2, -0.15) is 5.10 Å². The van der Waals surface area contributed by atoms with Crippen molar-refractivity contribution in [3.63, 3.8) is 0 Å². The topological polar surface area (TPSA) is 90.3 Å². The molecule has 0 unspecified atom stereocenters. The van der Waals surface area contributed by atoms with Gasteiger partial charge in [-0.3, -0.25) is 0 Å². The second-order valence-electron chi connectivity index (χ2n) is 5.63. The van der Waals surface area contributed by atoms with Crippen LogP contribution in [-0.4, -0.2) is 27.7 Å². The predicted octanol–water partition coefficient (Wildman–Crippen LogP) is 3.27. The molecule has 140 valence electrons. The van der Waals surface area contributed by atoms with Gasteiger partial charge < -0.3 is 10.6 Å². The van der Waals surface area contributed by atoms with Gasteiger partial charge in [-0.15, -0.1) is 10.2 Å². The number of nitrogen functional groups attached to an aromatic ring is 1. The quantitative estimate of drug-likeness (QED) is 0.280. The number of anilines is 1. The van der Waals surface area contributed by atoms with Gasteiger partial charge in [0.2, 0.25) is 5.16 Å². The Balaban J connectivity index is 1.65. The third kappa shape index (κ3) is 4.76. The molecular formula is C18H19FN6OS. The van der Waals surface area contributed by atoms with E-state index in [2.05, 4.69) is 20.7 Å². The summed E-state index contributed by atoms with van der Waals surface area (Å²) in [7, 11) is 1.62. The van der Waals surface area contributed by atoms with Gasteiger partial charge in [-0.05, 0) is 36.8 Å². The molecule has 0 radical (unpaired) electrons. The van der Waals surface area contributed by atoms with E-state index in [1.54, 1.807) is 19.2 Å². The molecular weight excluding hydrogens is 367 g/mol. The Morgan fingerprint density at radius 3 is 2.78 bits per heavy atom. The number of halogens is 1. The van der Waals surface area contributed by atoms with Crippen LogP contribution in [0.15, 0.2) is 58.8 Å². The Morgan fingerprint density at radius 2 is 2.04 bits per heavy atom. The Kier molecular flexibility index (Phi) is 5.92. The molecule has 0 aliphatic carbocycles. The molecule has 0 amide bonds. The maximum atomic E-state index is 13.0. The normalized spacial score (nSPS) is 11.4. The van der Waals surface area contributed by atoms with Gasteiger partial charge >= 0.3 is 0 Å². The van der Waals surface area contributed by atoms with Crippen LogP contribution in [0.5, 0.6) is 5.75 Å². The van der Waals surface area contributed by atoms with Crippen molar-refractivity contribution in [1.29, 1.82) is 0 Å². The van der Waals surface area contributed by atoms with Crippen molar-refractivity contribution in [2.75, 3.05) is 18.4 Å². The third-order valence-corrected chi connectivity index (χ3v) is 4.77. The number of thioether (sulfide) groups is 1. The number of methoxy groups -OCH3 is 1. The zero-order chi connectivity index (χ0) is 19.2. The lowest BCUT2D eigenvalue weighted by Crippen LogP contribution is -2.13. The van der Waals surface area contributed by atoms with Crippen LogP contribution < -0.4 is 16.0 Å². The number of nitrogens with two attached hydrogens (primary N) is 1. The second kappa shape index (κ2) is 8.54. The standard InChI is InChI=1S/C18H19FN6OS/c1-12(14-4-3-5-16(10-14)26-2)21-22-17-23-24-18(25(17)20)27-11-13-6-8-15(19)9-7-13/h3-10H,11,20H2,1-2H3,(H,22,23)/b21-12+. The highest BCUT2D eigenvalue weighted by molar-refractivity contribution is 7.98. The fourth-order valence-corrected chi connectivity index (χ4v) is 3.04. The number of hydrazone groups is 1. The summed E-state index contributed by atoms with van der Waals surface area (Å²) in [6.07, 6.45) is 0. The molecule has 3 N–H and O–H groups in total. The van der Waals surface area contributed by atoms with Crippen LogP contribution >= 0.6 is 11.8 Å². The Labute approximate surface area is 160 Å².